The molecule has 0 aromatic rings. The zero-order valence-electron chi connectivity index (χ0n) is 10.7. The lowest BCUT2D eigenvalue weighted by Crippen LogP contribution is -2.41. The molecule has 15 heavy (non-hydrogen) atoms. The second-order valence-electron chi connectivity index (χ2n) is 4.55. The van der Waals surface area contributed by atoms with E-state index in [0.717, 1.165) is 12.8 Å². The molecule has 0 saturated heterocycles. The van der Waals surface area contributed by atoms with Crippen molar-refractivity contribution < 1.29 is 9.53 Å². The molecule has 90 valence electrons. The third kappa shape index (κ3) is 3.49. The molecule has 1 unspecified atom stereocenters. The lowest BCUT2D eigenvalue weighted by Gasteiger charge is -2.30. The summed E-state index contributed by atoms with van der Waals surface area (Å²) in [6.45, 7) is 10.3. The van der Waals surface area contributed by atoms with E-state index in [0.29, 0.717) is 12.5 Å². The van der Waals surface area contributed by atoms with E-state index in [4.69, 9.17) is 10.5 Å². The molecule has 0 aliphatic carbocycles. The number of nitrogens with two attached hydrogens (primary N) is 1. The fraction of sp³-hybridized carbons (Fsp3) is 0.917. The standard InChI is InChI=1S/C12H25NO2/c1-6-12(7-2,8-13)11(14)15-10(5)9(3)4/h9-10H,6-8,13H2,1-5H3. The second kappa shape index (κ2) is 6.11. The summed E-state index contributed by atoms with van der Waals surface area (Å²) in [5.74, 6) is 0.203. The fourth-order valence-corrected chi connectivity index (χ4v) is 1.34. The van der Waals surface area contributed by atoms with Crippen LogP contribution in [-0.4, -0.2) is 18.6 Å². The Hall–Kier alpha value is -0.570. The Morgan fingerprint density at radius 1 is 1.27 bits per heavy atom. The highest BCUT2D eigenvalue weighted by atomic mass is 16.5. The highest BCUT2D eigenvalue weighted by molar-refractivity contribution is 5.77. The summed E-state index contributed by atoms with van der Waals surface area (Å²) >= 11 is 0. The number of esters is 1. The Labute approximate surface area is 93.4 Å². The third-order valence-electron chi connectivity index (χ3n) is 3.41. The van der Waals surface area contributed by atoms with Crippen molar-refractivity contribution in [3.05, 3.63) is 0 Å². The van der Waals surface area contributed by atoms with Crippen molar-refractivity contribution in [1.82, 2.24) is 0 Å². The molecule has 0 bridgehead atoms. The molecule has 3 heteroatoms. The molecule has 0 fully saturated rings. The Morgan fingerprint density at radius 2 is 1.73 bits per heavy atom. The van der Waals surface area contributed by atoms with Gasteiger partial charge in [-0.15, -0.1) is 0 Å². The molecule has 0 aromatic carbocycles. The van der Waals surface area contributed by atoms with Crippen LogP contribution in [0.25, 0.3) is 0 Å². The van der Waals surface area contributed by atoms with Crippen molar-refractivity contribution in [3.63, 3.8) is 0 Å². The lowest BCUT2D eigenvalue weighted by molar-refractivity contribution is -0.162. The topological polar surface area (TPSA) is 52.3 Å². The molecule has 0 heterocycles. The molecule has 0 aromatic heterocycles. The Bertz CT molecular complexity index is 190. The second-order valence-corrected chi connectivity index (χ2v) is 4.55. The van der Waals surface area contributed by atoms with E-state index in [1.54, 1.807) is 0 Å². The van der Waals surface area contributed by atoms with E-state index < -0.39 is 5.41 Å². The number of carbonyl (C=O) groups is 1. The van der Waals surface area contributed by atoms with Gasteiger partial charge < -0.3 is 10.5 Å². The number of carbonyl (C=O) groups excluding carboxylic acids is 1. The summed E-state index contributed by atoms with van der Waals surface area (Å²) in [6.07, 6.45) is 1.44. The monoisotopic (exact) mass is 215 g/mol. The SMILES string of the molecule is CCC(CC)(CN)C(=O)OC(C)C(C)C. The predicted octanol–water partition coefficient (Wildman–Crippen LogP) is 2.34. The molecule has 0 saturated carbocycles. The molecule has 1 atom stereocenters. The molecule has 0 rings (SSSR count). The minimum Gasteiger partial charge on any atom is -0.462 e. The van der Waals surface area contributed by atoms with Gasteiger partial charge in [0.05, 0.1) is 5.41 Å². The quantitative estimate of drug-likeness (QED) is 0.692. The van der Waals surface area contributed by atoms with E-state index >= 15 is 0 Å². The van der Waals surface area contributed by atoms with E-state index in [1.807, 2.05) is 34.6 Å². The first-order chi connectivity index (χ1) is 6.93. The Morgan fingerprint density at radius 3 is 2.00 bits per heavy atom. The van der Waals surface area contributed by atoms with E-state index in [2.05, 4.69) is 0 Å². The lowest BCUT2D eigenvalue weighted by atomic mass is 9.82. The van der Waals surface area contributed by atoms with Crippen LogP contribution >= 0.6 is 0 Å². The van der Waals surface area contributed by atoms with Crippen molar-refractivity contribution >= 4 is 5.97 Å². The van der Waals surface area contributed by atoms with Crippen molar-refractivity contribution in [2.75, 3.05) is 6.54 Å². The number of hydrogen-bond acceptors (Lipinski definition) is 3. The van der Waals surface area contributed by atoms with E-state index in [1.165, 1.54) is 0 Å². The Kier molecular flexibility index (Phi) is 5.88. The van der Waals surface area contributed by atoms with E-state index in [-0.39, 0.29) is 12.1 Å². The number of hydrogen-bond donors (Lipinski definition) is 1. The van der Waals surface area contributed by atoms with Gasteiger partial charge in [-0.25, -0.2) is 0 Å². The zero-order valence-corrected chi connectivity index (χ0v) is 10.7. The summed E-state index contributed by atoms with van der Waals surface area (Å²) in [5, 5.41) is 0. The highest BCUT2D eigenvalue weighted by Gasteiger charge is 2.36. The molecule has 0 spiro atoms. The van der Waals surface area contributed by atoms with Crippen LogP contribution in [0.15, 0.2) is 0 Å². The molecule has 0 amide bonds. The molecule has 0 radical (unpaired) electrons. The molecular weight excluding hydrogens is 190 g/mol. The molecule has 0 aliphatic heterocycles. The van der Waals surface area contributed by atoms with Crippen LogP contribution in [0.3, 0.4) is 0 Å². The van der Waals surface area contributed by atoms with Crippen LogP contribution in [0.2, 0.25) is 0 Å². The maximum absolute atomic E-state index is 12.0. The average Bonchev–Trinajstić information content (AvgIpc) is 2.21. The van der Waals surface area contributed by atoms with Crippen molar-refractivity contribution in [3.8, 4) is 0 Å². The third-order valence-corrected chi connectivity index (χ3v) is 3.41. The van der Waals surface area contributed by atoms with Gasteiger partial charge in [-0.2, -0.15) is 0 Å². The van der Waals surface area contributed by atoms with Crippen LogP contribution in [0, 0.1) is 11.3 Å². The molecule has 3 nitrogen and oxygen atoms in total. The minimum absolute atomic E-state index is 0.0403. The van der Waals surface area contributed by atoms with Crippen molar-refractivity contribution in [2.24, 2.45) is 17.1 Å². The van der Waals surface area contributed by atoms with E-state index in [9.17, 15) is 4.79 Å². The average molecular weight is 215 g/mol. The van der Waals surface area contributed by atoms with Crippen LogP contribution in [0.5, 0.6) is 0 Å². The van der Waals surface area contributed by atoms with Crippen molar-refractivity contribution in [2.45, 2.75) is 53.6 Å². The maximum atomic E-state index is 12.0. The van der Waals surface area contributed by atoms with Crippen LogP contribution in [0.4, 0.5) is 0 Å². The summed E-state index contributed by atoms with van der Waals surface area (Å²) in [6, 6.07) is 0. The largest absolute Gasteiger partial charge is 0.462 e. The number of rotatable bonds is 6. The van der Waals surface area contributed by atoms with Crippen LogP contribution < -0.4 is 5.73 Å². The van der Waals surface area contributed by atoms with Gasteiger partial charge in [-0.05, 0) is 25.7 Å². The summed E-state index contributed by atoms with van der Waals surface area (Å²) in [4.78, 5) is 12.0. The van der Waals surface area contributed by atoms with Gasteiger partial charge >= 0.3 is 5.97 Å². The predicted molar refractivity (Wildman–Crippen MR) is 62.5 cm³/mol. The zero-order chi connectivity index (χ0) is 12.1. The fourth-order valence-electron chi connectivity index (χ4n) is 1.34. The molecular formula is C12H25NO2. The first-order valence-corrected chi connectivity index (χ1v) is 5.84. The van der Waals surface area contributed by atoms with Gasteiger partial charge in [0.15, 0.2) is 0 Å². The Balaban J connectivity index is 4.52. The highest BCUT2D eigenvalue weighted by Crippen LogP contribution is 2.27. The maximum Gasteiger partial charge on any atom is 0.313 e. The van der Waals surface area contributed by atoms with Gasteiger partial charge in [-0.1, -0.05) is 27.7 Å². The van der Waals surface area contributed by atoms with Gasteiger partial charge in [-0.3, -0.25) is 4.79 Å². The summed E-state index contributed by atoms with van der Waals surface area (Å²) in [5.41, 5.74) is 5.20. The van der Waals surface area contributed by atoms with Gasteiger partial charge in [0.2, 0.25) is 0 Å². The first kappa shape index (κ1) is 14.4. The normalized spacial score (nSPS) is 14.1. The minimum atomic E-state index is -0.483. The number of ether oxygens (including phenoxy) is 1. The van der Waals surface area contributed by atoms with Crippen molar-refractivity contribution in [1.29, 1.82) is 0 Å². The summed E-state index contributed by atoms with van der Waals surface area (Å²) in [7, 11) is 0. The summed E-state index contributed by atoms with van der Waals surface area (Å²) < 4.78 is 5.43. The first-order valence-electron chi connectivity index (χ1n) is 5.84. The van der Waals surface area contributed by atoms with Gasteiger partial charge in [0.25, 0.3) is 0 Å². The smallest absolute Gasteiger partial charge is 0.313 e. The van der Waals surface area contributed by atoms with Crippen LogP contribution in [-0.2, 0) is 9.53 Å². The molecule has 0 aliphatic rings. The van der Waals surface area contributed by atoms with Crippen LogP contribution in [0.1, 0.15) is 47.5 Å². The van der Waals surface area contributed by atoms with Gasteiger partial charge in [0.1, 0.15) is 6.10 Å². The van der Waals surface area contributed by atoms with Gasteiger partial charge in [0, 0.05) is 6.54 Å². The molecule has 2 N–H and O–H groups in total.